The number of rotatable bonds is 5. The number of halogens is 3. The molecule has 1 aromatic rings. The van der Waals surface area contributed by atoms with Crippen molar-refractivity contribution in [2.75, 3.05) is 11.9 Å². The highest BCUT2D eigenvalue weighted by atomic mass is 19.4. The number of hydrogen-bond donors (Lipinski definition) is 1. The zero-order chi connectivity index (χ0) is 16.2. The van der Waals surface area contributed by atoms with E-state index in [2.05, 4.69) is 5.32 Å². The fourth-order valence-electron chi connectivity index (χ4n) is 2.93. The Morgan fingerprint density at radius 1 is 1.23 bits per heavy atom. The summed E-state index contributed by atoms with van der Waals surface area (Å²) in [6.07, 6.45) is 2.25. The minimum atomic E-state index is -4.73. The molecule has 0 aromatic heterocycles. The van der Waals surface area contributed by atoms with Gasteiger partial charge in [0.15, 0.2) is 0 Å². The number of hydrogen-bond acceptors (Lipinski definition) is 3. The van der Waals surface area contributed by atoms with Crippen molar-refractivity contribution in [1.29, 1.82) is 0 Å². The molecule has 0 aliphatic heterocycles. The highest BCUT2D eigenvalue weighted by Crippen LogP contribution is 2.37. The first kappa shape index (κ1) is 16.6. The van der Waals surface area contributed by atoms with E-state index < -0.39 is 22.4 Å². The van der Waals surface area contributed by atoms with Crippen molar-refractivity contribution in [3.05, 3.63) is 33.9 Å². The van der Waals surface area contributed by atoms with Gasteiger partial charge in [0.05, 0.1) is 4.92 Å². The second-order valence-electron chi connectivity index (χ2n) is 5.71. The smallest absolute Gasteiger partial charge is 0.385 e. The van der Waals surface area contributed by atoms with Gasteiger partial charge in [0.1, 0.15) is 5.56 Å². The molecule has 2 rings (SSSR count). The number of anilines is 1. The van der Waals surface area contributed by atoms with Gasteiger partial charge in [0.2, 0.25) is 0 Å². The summed E-state index contributed by atoms with van der Waals surface area (Å²) in [7, 11) is 0. The molecule has 1 aliphatic rings. The number of nitrogens with zero attached hydrogens (tertiary/aromatic N) is 1. The van der Waals surface area contributed by atoms with Crippen molar-refractivity contribution in [3.63, 3.8) is 0 Å². The molecule has 122 valence electrons. The number of nitro groups is 1. The molecule has 22 heavy (non-hydrogen) atoms. The average molecular weight is 316 g/mol. The molecular weight excluding hydrogens is 297 g/mol. The Morgan fingerprint density at radius 2 is 1.91 bits per heavy atom. The Hall–Kier alpha value is -1.79. The lowest BCUT2D eigenvalue weighted by Gasteiger charge is -2.21. The Morgan fingerprint density at radius 3 is 2.50 bits per heavy atom. The Balaban J connectivity index is 2.00. The zero-order valence-corrected chi connectivity index (χ0v) is 12.2. The predicted molar refractivity (Wildman–Crippen MR) is 77.8 cm³/mol. The van der Waals surface area contributed by atoms with Crippen LogP contribution in [-0.4, -0.2) is 11.5 Å². The lowest BCUT2D eigenvalue weighted by atomic mass is 9.87. The molecule has 0 bridgehead atoms. The third-order valence-electron chi connectivity index (χ3n) is 4.11. The van der Waals surface area contributed by atoms with Crippen LogP contribution in [-0.2, 0) is 6.18 Å². The zero-order valence-electron chi connectivity index (χ0n) is 12.2. The van der Waals surface area contributed by atoms with Gasteiger partial charge in [-0.2, -0.15) is 13.2 Å². The molecule has 0 unspecified atom stereocenters. The van der Waals surface area contributed by atoms with E-state index in [9.17, 15) is 23.3 Å². The standard InChI is InChI=1S/C15H19F3N2O2/c16-15(17,18)13-10-12(6-7-14(13)20(21)22)19-9-8-11-4-2-1-3-5-11/h6-7,10-11,19H,1-5,8-9H2. The lowest BCUT2D eigenvalue weighted by Crippen LogP contribution is -2.13. The minimum absolute atomic E-state index is 0.272. The maximum Gasteiger partial charge on any atom is 0.423 e. The van der Waals surface area contributed by atoms with E-state index in [1.165, 1.54) is 38.2 Å². The largest absolute Gasteiger partial charge is 0.423 e. The minimum Gasteiger partial charge on any atom is -0.385 e. The summed E-state index contributed by atoms with van der Waals surface area (Å²) in [5.74, 6) is 0.626. The Bertz CT molecular complexity index is 526. The fraction of sp³-hybridized carbons (Fsp3) is 0.600. The molecule has 0 heterocycles. The van der Waals surface area contributed by atoms with Gasteiger partial charge in [-0.25, -0.2) is 0 Å². The molecule has 4 nitrogen and oxygen atoms in total. The maximum atomic E-state index is 12.9. The highest BCUT2D eigenvalue weighted by Gasteiger charge is 2.38. The highest BCUT2D eigenvalue weighted by molar-refractivity contribution is 5.55. The van der Waals surface area contributed by atoms with E-state index in [1.807, 2.05) is 0 Å². The predicted octanol–water partition coefficient (Wildman–Crippen LogP) is 5.00. The number of alkyl halides is 3. The second-order valence-corrected chi connectivity index (χ2v) is 5.71. The van der Waals surface area contributed by atoms with Crippen LogP contribution in [0.2, 0.25) is 0 Å². The van der Waals surface area contributed by atoms with E-state index >= 15 is 0 Å². The summed E-state index contributed by atoms with van der Waals surface area (Å²) in [6, 6.07) is 3.05. The molecule has 1 aromatic carbocycles. The van der Waals surface area contributed by atoms with Gasteiger partial charge >= 0.3 is 6.18 Å². The topological polar surface area (TPSA) is 55.2 Å². The summed E-state index contributed by atoms with van der Waals surface area (Å²) in [4.78, 5) is 9.68. The van der Waals surface area contributed by atoms with Gasteiger partial charge in [0.25, 0.3) is 5.69 Å². The van der Waals surface area contributed by atoms with E-state index in [0.717, 1.165) is 18.6 Å². The van der Waals surface area contributed by atoms with Crippen molar-refractivity contribution >= 4 is 11.4 Å². The molecule has 1 fully saturated rings. The molecule has 7 heteroatoms. The summed E-state index contributed by atoms with van der Waals surface area (Å²) < 4.78 is 38.6. The summed E-state index contributed by atoms with van der Waals surface area (Å²) >= 11 is 0. The van der Waals surface area contributed by atoms with Crippen LogP contribution in [0.25, 0.3) is 0 Å². The van der Waals surface area contributed by atoms with Crippen molar-refractivity contribution in [2.45, 2.75) is 44.7 Å². The van der Waals surface area contributed by atoms with E-state index in [-0.39, 0.29) is 5.69 Å². The van der Waals surface area contributed by atoms with Crippen LogP contribution in [0.5, 0.6) is 0 Å². The molecule has 1 aliphatic carbocycles. The molecule has 1 N–H and O–H groups in total. The van der Waals surface area contributed by atoms with Gasteiger partial charge in [-0.1, -0.05) is 32.1 Å². The summed E-state index contributed by atoms with van der Waals surface area (Å²) in [6.45, 7) is 0.583. The first-order valence-corrected chi connectivity index (χ1v) is 7.47. The molecular formula is C15H19F3N2O2. The molecule has 0 radical (unpaired) electrons. The first-order valence-electron chi connectivity index (χ1n) is 7.47. The SMILES string of the molecule is O=[N+]([O-])c1ccc(NCCC2CCCCC2)cc1C(F)(F)F. The average Bonchev–Trinajstić information content (AvgIpc) is 2.47. The van der Waals surface area contributed by atoms with Crippen LogP contribution >= 0.6 is 0 Å². The van der Waals surface area contributed by atoms with Gasteiger partial charge in [-0.05, 0) is 24.5 Å². The second kappa shape index (κ2) is 6.98. The quantitative estimate of drug-likeness (QED) is 0.614. The summed E-state index contributed by atoms with van der Waals surface area (Å²) in [5, 5.41) is 13.6. The first-order chi connectivity index (χ1) is 10.4. The Kier molecular flexibility index (Phi) is 5.26. The molecule has 0 saturated heterocycles. The third-order valence-corrected chi connectivity index (χ3v) is 4.11. The Labute approximate surface area is 126 Å². The third kappa shape index (κ3) is 4.35. The van der Waals surface area contributed by atoms with Gasteiger partial charge in [-0.3, -0.25) is 10.1 Å². The van der Waals surface area contributed by atoms with Crippen LogP contribution in [0.15, 0.2) is 18.2 Å². The van der Waals surface area contributed by atoms with Gasteiger partial charge < -0.3 is 5.32 Å². The number of benzene rings is 1. The maximum absolute atomic E-state index is 12.9. The van der Waals surface area contributed by atoms with Gasteiger partial charge in [0, 0.05) is 18.3 Å². The normalized spacial score (nSPS) is 16.5. The molecule has 1 saturated carbocycles. The van der Waals surface area contributed by atoms with Crippen LogP contribution in [0, 0.1) is 16.0 Å². The number of nitrogens with one attached hydrogen (secondary N) is 1. The monoisotopic (exact) mass is 316 g/mol. The van der Waals surface area contributed by atoms with Gasteiger partial charge in [-0.15, -0.1) is 0 Å². The molecule has 0 atom stereocenters. The van der Waals surface area contributed by atoms with Crippen molar-refractivity contribution in [1.82, 2.24) is 0 Å². The van der Waals surface area contributed by atoms with Crippen molar-refractivity contribution in [3.8, 4) is 0 Å². The van der Waals surface area contributed by atoms with Crippen molar-refractivity contribution in [2.24, 2.45) is 5.92 Å². The fourth-order valence-corrected chi connectivity index (χ4v) is 2.93. The number of nitro benzene ring substituents is 1. The van der Waals surface area contributed by atoms with Crippen LogP contribution in [0.4, 0.5) is 24.5 Å². The van der Waals surface area contributed by atoms with E-state index in [1.54, 1.807) is 0 Å². The van der Waals surface area contributed by atoms with Crippen LogP contribution < -0.4 is 5.32 Å². The lowest BCUT2D eigenvalue weighted by molar-refractivity contribution is -0.388. The van der Waals surface area contributed by atoms with E-state index in [0.29, 0.717) is 12.5 Å². The molecule has 0 spiro atoms. The van der Waals surface area contributed by atoms with E-state index in [4.69, 9.17) is 0 Å². The van der Waals surface area contributed by atoms with Crippen LogP contribution in [0.1, 0.15) is 44.1 Å². The molecule has 0 amide bonds. The summed E-state index contributed by atoms with van der Waals surface area (Å²) in [5.41, 5.74) is -1.85. The van der Waals surface area contributed by atoms with Crippen LogP contribution in [0.3, 0.4) is 0 Å². The van der Waals surface area contributed by atoms with Crippen molar-refractivity contribution < 1.29 is 18.1 Å².